The number of phenolic OH excluding ortho intramolecular Hbond substituents is 2. The first-order chi connectivity index (χ1) is 18.8. The van der Waals surface area contributed by atoms with Crippen LogP contribution in [0.3, 0.4) is 0 Å². The van der Waals surface area contributed by atoms with Crippen LogP contribution in [0.5, 0.6) is 11.5 Å². The third kappa shape index (κ3) is 8.16. The molecule has 0 fully saturated rings. The number of nitrogens with one attached hydrogen (secondary N) is 6. The number of likely N-dealkylation sites (N-methyl/N-ethyl adjacent to an activating group) is 2. The van der Waals surface area contributed by atoms with Gasteiger partial charge in [-0.2, -0.15) is 0 Å². The van der Waals surface area contributed by atoms with Gasteiger partial charge in [-0.05, 0) is 87.0 Å². The van der Waals surface area contributed by atoms with Gasteiger partial charge in [-0.15, -0.1) is 0 Å². The van der Waals surface area contributed by atoms with Gasteiger partial charge >= 0.3 is 0 Å². The molecule has 39 heavy (non-hydrogen) atoms. The zero-order valence-corrected chi connectivity index (χ0v) is 22.8. The van der Waals surface area contributed by atoms with Gasteiger partial charge in [0.05, 0.1) is 6.04 Å². The molecule has 0 unspecified atom stereocenters. The maximum Gasteiger partial charge on any atom is 0.243 e. The number of carbonyl (C=O) groups excluding carboxylic acids is 3. The number of hydrogen-bond donors (Lipinski definition) is 8. The number of rotatable bonds is 9. The van der Waals surface area contributed by atoms with Crippen molar-refractivity contribution < 1.29 is 24.6 Å². The minimum absolute atomic E-state index is 0.00142. The molecule has 0 aromatic heterocycles. The smallest absolute Gasteiger partial charge is 0.243 e. The molecular weight excluding hydrogens is 500 g/mol. The van der Waals surface area contributed by atoms with Crippen molar-refractivity contribution in [3.63, 3.8) is 0 Å². The number of aromatic hydroxyl groups is 2. The fourth-order valence-corrected chi connectivity index (χ4v) is 4.56. The van der Waals surface area contributed by atoms with E-state index in [0.29, 0.717) is 43.6 Å². The van der Waals surface area contributed by atoms with Crippen molar-refractivity contribution in [3.8, 4) is 22.6 Å². The number of amides is 3. The number of phenols is 2. The summed E-state index contributed by atoms with van der Waals surface area (Å²) in [5, 5.41) is 38.6. The van der Waals surface area contributed by atoms with Crippen LogP contribution in [-0.4, -0.2) is 86.8 Å². The number of benzene rings is 2. The first kappa shape index (κ1) is 29.9. The van der Waals surface area contributed by atoms with Gasteiger partial charge < -0.3 is 42.1 Å². The van der Waals surface area contributed by atoms with E-state index in [2.05, 4.69) is 31.9 Å². The second-order valence-corrected chi connectivity index (χ2v) is 9.70. The number of fused-ring (bicyclic) bond motifs is 5. The fraction of sp³-hybridized carbons (Fsp3) is 0.464. The molecular formula is C28H40N6O5. The molecule has 1 heterocycles. The van der Waals surface area contributed by atoms with Crippen molar-refractivity contribution in [2.24, 2.45) is 0 Å². The Hall–Kier alpha value is -3.67. The molecule has 8 N–H and O–H groups in total. The molecule has 3 rings (SSSR count). The summed E-state index contributed by atoms with van der Waals surface area (Å²) < 4.78 is 0. The quantitative estimate of drug-likeness (QED) is 0.202. The lowest BCUT2D eigenvalue weighted by molar-refractivity contribution is -0.132. The Balaban J connectivity index is 2.07. The highest BCUT2D eigenvalue weighted by atomic mass is 16.3. The molecule has 11 heteroatoms. The molecule has 2 aromatic carbocycles. The summed E-state index contributed by atoms with van der Waals surface area (Å²) in [6.45, 7) is 1.55. The third-order valence-corrected chi connectivity index (χ3v) is 6.87. The summed E-state index contributed by atoms with van der Waals surface area (Å²) in [6.07, 6.45) is 1.19. The van der Waals surface area contributed by atoms with Gasteiger partial charge in [0.1, 0.15) is 23.6 Å². The molecule has 2 aromatic rings. The van der Waals surface area contributed by atoms with Crippen LogP contribution >= 0.6 is 0 Å². The monoisotopic (exact) mass is 540 g/mol. The Morgan fingerprint density at radius 3 is 2.05 bits per heavy atom. The highest BCUT2D eigenvalue weighted by Gasteiger charge is 2.30. The van der Waals surface area contributed by atoms with Gasteiger partial charge in [-0.1, -0.05) is 12.1 Å². The van der Waals surface area contributed by atoms with E-state index >= 15 is 0 Å². The number of carbonyl (C=O) groups is 3. The van der Waals surface area contributed by atoms with Gasteiger partial charge in [0.25, 0.3) is 0 Å². The van der Waals surface area contributed by atoms with Crippen LogP contribution < -0.4 is 31.9 Å². The summed E-state index contributed by atoms with van der Waals surface area (Å²) >= 11 is 0. The summed E-state index contributed by atoms with van der Waals surface area (Å²) in [5.74, 6) is -1.23. The summed E-state index contributed by atoms with van der Waals surface area (Å²) in [5.41, 5.74) is 2.58. The lowest BCUT2D eigenvalue weighted by Gasteiger charge is -2.25. The molecule has 3 amide bonds. The molecule has 1 aliphatic heterocycles. The van der Waals surface area contributed by atoms with E-state index < -0.39 is 35.8 Å². The minimum Gasteiger partial charge on any atom is -0.508 e. The van der Waals surface area contributed by atoms with E-state index in [-0.39, 0.29) is 24.3 Å². The van der Waals surface area contributed by atoms with E-state index in [1.807, 2.05) is 0 Å². The molecule has 1 aliphatic rings. The minimum atomic E-state index is -0.986. The molecule has 4 bridgehead atoms. The van der Waals surface area contributed by atoms with Crippen LogP contribution in [0.2, 0.25) is 0 Å². The normalized spacial score (nSPS) is 19.8. The zero-order valence-electron chi connectivity index (χ0n) is 22.8. The molecule has 0 saturated carbocycles. The van der Waals surface area contributed by atoms with Crippen molar-refractivity contribution in [2.45, 2.75) is 43.8 Å². The third-order valence-electron chi connectivity index (χ3n) is 6.87. The predicted octanol–water partition coefficient (Wildman–Crippen LogP) is -0.244. The highest BCUT2D eigenvalue weighted by molar-refractivity contribution is 5.93. The molecule has 11 nitrogen and oxygen atoms in total. The van der Waals surface area contributed by atoms with E-state index in [1.54, 1.807) is 57.5 Å². The lowest BCUT2D eigenvalue weighted by atomic mass is 9.95. The van der Waals surface area contributed by atoms with Crippen molar-refractivity contribution >= 4 is 17.7 Å². The van der Waals surface area contributed by atoms with Crippen LogP contribution in [0.4, 0.5) is 0 Å². The highest BCUT2D eigenvalue weighted by Crippen LogP contribution is 2.31. The van der Waals surface area contributed by atoms with Crippen LogP contribution in [0.15, 0.2) is 36.4 Å². The van der Waals surface area contributed by atoms with Crippen molar-refractivity contribution in [1.29, 1.82) is 0 Å². The van der Waals surface area contributed by atoms with E-state index in [0.717, 1.165) is 11.1 Å². The fourth-order valence-electron chi connectivity index (χ4n) is 4.56. The van der Waals surface area contributed by atoms with E-state index in [1.165, 1.54) is 0 Å². The first-order valence-electron chi connectivity index (χ1n) is 13.3. The largest absolute Gasteiger partial charge is 0.508 e. The standard InChI is InChI=1S/C28H40N6O5/c1-29-10-4-5-21-27(38)34-23(26(37)32-12-11-30-2)16-20-14-18(7-9-25(20)36)17-6-8-24(35)19(13-17)15-22(31-3)28(39)33-21/h6-9,13-14,21-23,29-31,35-36H,4-5,10-12,15-16H2,1-3H3,(H,32,37)(H,33,39)(H,34,38)/t21-,22-,23-/m0/s1. The lowest BCUT2D eigenvalue weighted by Crippen LogP contribution is -2.57. The summed E-state index contributed by atoms with van der Waals surface area (Å²) in [7, 11) is 5.22. The van der Waals surface area contributed by atoms with Crippen LogP contribution in [-0.2, 0) is 27.2 Å². The number of hydrogen-bond acceptors (Lipinski definition) is 8. The van der Waals surface area contributed by atoms with Crippen molar-refractivity contribution in [1.82, 2.24) is 31.9 Å². The maximum atomic E-state index is 13.5. The van der Waals surface area contributed by atoms with Crippen LogP contribution in [0.1, 0.15) is 24.0 Å². The molecule has 212 valence electrons. The topological polar surface area (TPSA) is 164 Å². The molecule has 0 saturated heterocycles. The molecule has 3 atom stereocenters. The Kier molecular flexibility index (Phi) is 11.1. The van der Waals surface area contributed by atoms with Gasteiger partial charge in [-0.3, -0.25) is 14.4 Å². The van der Waals surface area contributed by atoms with Crippen molar-refractivity contribution in [2.75, 3.05) is 40.8 Å². The van der Waals surface area contributed by atoms with Gasteiger partial charge in [0.2, 0.25) is 17.7 Å². The Bertz CT molecular complexity index is 1160. The first-order valence-corrected chi connectivity index (χ1v) is 13.3. The molecule has 0 radical (unpaired) electrons. The average molecular weight is 541 g/mol. The molecule has 0 spiro atoms. The summed E-state index contributed by atoms with van der Waals surface area (Å²) in [4.78, 5) is 39.9. The zero-order chi connectivity index (χ0) is 28.4. The molecule has 0 aliphatic carbocycles. The van der Waals surface area contributed by atoms with E-state index in [9.17, 15) is 24.6 Å². The predicted molar refractivity (Wildman–Crippen MR) is 149 cm³/mol. The maximum absolute atomic E-state index is 13.5. The Labute approximate surface area is 229 Å². The van der Waals surface area contributed by atoms with Crippen molar-refractivity contribution in [3.05, 3.63) is 47.5 Å². The van der Waals surface area contributed by atoms with E-state index in [4.69, 9.17) is 0 Å². The average Bonchev–Trinajstić information content (AvgIpc) is 2.92. The van der Waals surface area contributed by atoms with Gasteiger partial charge in [-0.25, -0.2) is 0 Å². The van der Waals surface area contributed by atoms with Gasteiger partial charge in [0, 0.05) is 25.9 Å². The Morgan fingerprint density at radius 1 is 0.846 bits per heavy atom. The second kappa shape index (κ2) is 14.5. The summed E-state index contributed by atoms with van der Waals surface area (Å²) in [6, 6.07) is 7.61. The van der Waals surface area contributed by atoms with Crippen LogP contribution in [0, 0.1) is 0 Å². The second-order valence-electron chi connectivity index (χ2n) is 9.70. The van der Waals surface area contributed by atoms with Gasteiger partial charge in [0.15, 0.2) is 0 Å². The Morgan fingerprint density at radius 2 is 1.46 bits per heavy atom. The van der Waals surface area contributed by atoms with Crippen LogP contribution in [0.25, 0.3) is 11.1 Å². The SMILES string of the molecule is CNCCC[C@@H]1NC(=O)[C@@H](NC)Cc2cc(ccc2O)-c2ccc(O)c(c2)C[C@@H](C(=O)NCCNC)NC1=O.